The van der Waals surface area contributed by atoms with Crippen LogP contribution in [0.5, 0.6) is 0 Å². The number of halogens is 1. The van der Waals surface area contributed by atoms with Gasteiger partial charge in [-0.2, -0.15) is 0 Å². The highest BCUT2D eigenvalue weighted by Crippen LogP contribution is 2.56. The van der Waals surface area contributed by atoms with E-state index in [0.717, 1.165) is 16.2 Å². The number of thioether (sulfide) groups is 1. The van der Waals surface area contributed by atoms with Gasteiger partial charge in [0.05, 0.1) is 0 Å². The lowest BCUT2D eigenvalue weighted by atomic mass is 9.72. The number of carbonyl (C=O) groups is 1. The summed E-state index contributed by atoms with van der Waals surface area (Å²) >= 11 is 7.53. The molecule has 2 nitrogen and oxygen atoms in total. The molecule has 0 bridgehead atoms. The van der Waals surface area contributed by atoms with Gasteiger partial charge in [-0.25, -0.2) is 4.79 Å². The summed E-state index contributed by atoms with van der Waals surface area (Å²) in [5, 5.41) is 1.37. The third-order valence-electron chi connectivity index (χ3n) is 4.23. The van der Waals surface area contributed by atoms with E-state index in [4.69, 9.17) is 16.3 Å². The minimum absolute atomic E-state index is 0.106. The predicted octanol–water partition coefficient (Wildman–Crippen LogP) is 6.71. The first-order chi connectivity index (χ1) is 11.4. The third kappa shape index (κ3) is 3.98. The van der Waals surface area contributed by atoms with Crippen LogP contribution in [0.1, 0.15) is 53.5 Å². The van der Waals surface area contributed by atoms with Gasteiger partial charge in [0.2, 0.25) is 0 Å². The maximum atomic E-state index is 13.0. The molecular weight excluding hydrogens is 352 g/mol. The molecule has 1 unspecified atom stereocenters. The SMILES string of the molecule is C=CCC1(c2ccc(Cl)cc2)SC(=C(C(C)(C)C)C(C)(C)C)OC1=O. The van der Waals surface area contributed by atoms with Crippen LogP contribution in [0.3, 0.4) is 0 Å². The summed E-state index contributed by atoms with van der Waals surface area (Å²) in [6.45, 7) is 16.8. The van der Waals surface area contributed by atoms with Gasteiger partial charge in [0.1, 0.15) is 4.75 Å². The van der Waals surface area contributed by atoms with E-state index in [1.807, 2.05) is 24.3 Å². The summed E-state index contributed by atoms with van der Waals surface area (Å²) in [5.41, 5.74) is 1.83. The van der Waals surface area contributed by atoms with Crippen LogP contribution < -0.4 is 0 Å². The van der Waals surface area contributed by atoms with Gasteiger partial charge in [-0.3, -0.25) is 0 Å². The lowest BCUT2D eigenvalue weighted by Gasteiger charge is -2.34. The zero-order chi connectivity index (χ0) is 19.0. The van der Waals surface area contributed by atoms with Crippen LogP contribution in [0.4, 0.5) is 0 Å². The molecule has 0 amide bonds. The summed E-state index contributed by atoms with van der Waals surface area (Å²) in [5.74, 6) is -0.235. The van der Waals surface area contributed by atoms with Crippen LogP contribution in [0.25, 0.3) is 0 Å². The number of benzene rings is 1. The van der Waals surface area contributed by atoms with E-state index in [1.165, 1.54) is 11.8 Å². The molecule has 0 spiro atoms. The van der Waals surface area contributed by atoms with Gasteiger partial charge in [0.15, 0.2) is 5.09 Å². The third-order valence-corrected chi connectivity index (χ3v) is 5.87. The number of ether oxygens (including phenoxy) is 1. The van der Waals surface area contributed by atoms with E-state index in [9.17, 15) is 4.79 Å². The first kappa shape index (κ1) is 20.1. The lowest BCUT2D eigenvalue weighted by molar-refractivity contribution is -0.140. The summed E-state index contributed by atoms with van der Waals surface area (Å²) in [6, 6.07) is 7.42. The number of rotatable bonds is 3. The van der Waals surface area contributed by atoms with Crippen molar-refractivity contribution >= 4 is 29.3 Å². The monoisotopic (exact) mass is 378 g/mol. The van der Waals surface area contributed by atoms with Crippen LogP contribution in [0.2, 0.25) is 5.02 Å². The highest BCUT2D eigenvalue weighted by atomic mass is 35.5. The molecule has 0 aliphatic carbocycles. The molecule has 136 valence electrons. The summed E-state index contributed by atoms with van der Waals surface area (Å²) in [4.78, 5) is 13.0. The fraction of sp³-hybridized carbons (Fsp3) is 0.476. The quantitative estimate of drug-likeness (QED) is 0.432. The fourth-order valence-corrected chi connectivity index (χ4v) is 5.42. The van der Waals surface area contributed by atoms with E-state index in [-0.39, 0.29) is 16.8 Å². The van der Waals surface area contributed by atoms with Crippen molar-refractivity contribution in [1.82, 2.24) is 0 Å². The van der Waals surface area contributed by atoms with Crippen molar-refractivity contribution in [2.75, 3.05) is 0 Å². The Morgan fingerprint density at radius 1 is 1.16 bits per heavy atom. The molecule has 0 N–H and O–H groups in total. The first-order valence-corrected chi connectivity index (χ1v) is 9.65. The van der Waals surface area contributed by atoms with Crippen molar-refractivity contribution in [3.63, 3.8) is 0 Å². The van der Waals surface area contributed by atoms with Crippen molar-refractivity contribution < 1.29 is 9.53 Å². The molecule has 25 heavy (non-hydrogen) atoms. The van der Waals surface area contributed by atoms with E-state index in [1.54, 1.807) is 6.08 Å². The van der Waals surface area contributed by atoms with E-state index < -0.39 is 4.75 Å². The molecule has 0 saturated carbocycles. The molecule has 2 rings (SSSR count). The Hall–Kier alpha value is -1.19. The molecule has 4 heteroatoms. The molecule has 1 atom stereocenters. The number of cyclic esters (lactones) is 1. The topological polar surface area (TPSA) is 26.3 Å². The standard InChI is InChI=1S/C21H27ClO2S/c1-8-13-21(14-9-11-15(22)12-10-14)18(23)24-17(25-21)16(19(2,3)4)20(5,6)7/h8-12H,1,13H2,2-7H3. The summed E-state index contributed by atoms with van der Waals surface area (Å²) in [6.07, 6.45) is 2.28. The maximum Gasteiger partial charge on any atom is 0.333 e. The van der Waals surface area contributed by atoms with Gasteiger partial charge in [-0.05, 0) is 40.5 Å². The second-order valence-corrected chi connectivity index (χ2v) is 10.2. The normalized spacial score (nSPS) is 21.2. The Kier molecular flexibility index (Phi) is 5.51. The molecule has 1 fully saturated rings. The first-order valence-electron chi connectivity index (χ1n) is 8.45. The highest BCUT2D eigenvalue weighted by Gasteiger charge is 2.51. The number of esters is 1. The van der Waals surface area contributed by atoms with Crippen molar-refractivity contribution in [2.24, 2.45) is 10.8 Å². The number of hydrogen-bond acceptors (Lipinski definition) is 3. The van der Waals surface area contributed by atoms with Gasteiger partial charge >= 0.3 is 5.97 Å². The minimum atomic E-state index is -0.802. The molecule has 1 aromatic carbocycles. The van der Waals surface area contributed by atoms with E-state index in [2.05, 4.69) is 48.1 Å². The summed E-state index contributed by atoms with van der Waals surface area (Å²) < 4.78 is 5.05. The molecule has 1 aromatic rings. The van der Waals surface area contributed by atoms with Gasteiger partial charge in [-0.1, -0.05) is 83.1 Å². The average molecular weight is 379 g/mol. The molecule has 1 heterocycles. The molecule has 1 aliphatic rings. The van der Waals surface area contributed by atoms with Crippen molar-refractivity contribution in [2.45, 2.75) is 52.7 Å². The average Bonchev–Trinajstić information content (AvgIpc) is 2.74. The molecule has 1 saturated heterocycles. The predicted molar refractivity (Wildman–Crippen MR) is 108 cm³/mol. The van der Waals surface area contributed by atoms with Gasteiger partial charge < -0.3 is 4.74 Å². The van der Waals surface area contributed by atoms with Crippen molar-refractivity contribution in [1.29, 1.82) is 0 Å². The summed E-state index contributed by atoms with van der Waals surface area (Å²) in [7, 11) is 0. The molecular formula is C21H27ClO2S. The highest BCUT2D eigenvalue weighted by molar-refractivity contribution is 8.05. The zero-order valence-corrected chi connectivity index (χ0v) is 17.5. The second kappa shape index (κ2) is 6.85. The largest absolute Gasteiger partial charge is 0.418 e. The van der Waals surface area contributed by atoms with Crippen molar-refractivity contribution in [3.8, 4) is 0 Å². The van der Waals surface area contributed by atoms with E-state index >= 15 is 0 Å². The molecule has 1 aliphatic heterocycles. The number of hydrogen-bond donors (Lipinski definition) is 0. The van der Waals surface area contributed by atoms with Crippen LogP contribution in [0, 0.1) is 10.8 Å². The Bertz CT molecular complexity index is 689. The van der Waals surface area contributed by atoms with Crippen LogP contribution in [-0.2, 0) is 14.3 Å². The Morgan fingerprint density at radius 2 is 1.68 bits per heavy atom. The lowest BCUT2D eigenvalue weighted by Crippen LogP contribution is -2.27. The Labute approximate surface area is 160 Å². The van der Waals surface area contributed by atoms with Crippen LogP contribution >= 0.6 is 23.4 Å². The van der Waals surface area contributed by atoms with Crippen LogP contribution in [0.15, 0.2) is 47.6 Å². The fourth-order valence-electron chi connectivity index (χ4n) is 3.57. The molecule has 0 radical (unpaired) electrons. The minimum Gasteiger partial charge on any atom is -0.418 e. The number of carbonyl (C=O) groups excluding carboxylic acids is 1. The van der Waals surface area contributed by atoms with E-state index in [0.29, 0.717) is 11.4 Å². The Morgan fingerprint density at radius 3 is 2.12 bits per heavy atom. The second-order valence-electron chi connectivity index (χ2n) is 8.48. The van der Waals surface area contributed by atoms with Gasteiger partial charge in [0.25, 0.3) is 0 Å². The van der Waals surface area contributed by atoms with Crippen LogP contribution in [-0.4, -0.2) is 5.97 Å². The Balaban J connectivity index is 2.63. The molecule has 0 aromatic heterocycles. The van der Waals surface area contributed by atoms with Gasteiger partial charge in [0, 0.05) is 5.02 Å². The van der Waals surface area contributed by atoms with Gasteiger partial charge in [-0.15, -0.1) is 6.58 Å². The number of allylic oxidation sites excluding steroid dienone is 2. The van der Waals surface area contributed by atoms with Crippen molar-refractivity contribution in [3.05, 3.63) is 58.2 Å². The maximum absolute atomic E-state index is 13.0. The smallest absolute Gasteiger partial charge is 0.333 e. The zero-order valence-electron chi connectivity index (χ0n) is 15.9.